The molecule has 0 aliphatic rings. The molecule has 0 bridgehead atoms. The maximum Gasteiger partial charge on any atom is 0.362 e. The van der Waals surface area contributed by atoms with Crippen molar-refractivity contribution in [2.24, 2.45) is 0 Å². The molecule has 0 spiro atoms. The maximum atomic E-state index is 10.4. The van der Waals surface area contributed by atoms with E-state index in [1.165, 1.54) is 0 Å². The van der Waals surface area contributed by atoms with E-state index in [4.69, 9.17) is 0 Å². The fraction of sp³-hybridized carbons (Fsp3) is 0.250. The summed E-state index contributed by atoms with van der Waals surface area (Å²) >= 11 is 0. The first-order valence-electron chi connectivity index (χ1n) is 2.26. The van der Waals surface area contributed by atoms with Gasteiger partial charge >= 0.3 is 10.3 Å². The van der Waals surface area contributed by atoms with Gasteiger partial charge in [-0.15, -0.1) is 0 Å². The highest BCUT2D eigenvalue weighted by atomic mass is 32.2. The van der Waals surface area contributed by atoms with Crippen LogP contribution in [0.1, 0.15) is 0 Å². The van der Waals surface area contributed by atoms with Crippen LogP contribution in [0.25, 0.3) is 0 Å². The van der Waals surface area contributed by atoms with Crippen LogP contribution in [0, 0.1) is 0 Å². The van der Waals surface area contributed by atoms with E-state index in [0.29, 0.717) is 0 Å². The van der Waals surface area contributed by atoms with Gasteiger partial charge in [0.1, 0.15) is 0 Å². The molecule has 0 saturated carbocycles. The molecule has 0 atom stereocenters. The van der Waals surface area contributed by atoms with E-state index in [2.05, 4.69) is 10.8 Å². The standard InChI is InChI=1S/C4H7NO4S/c1-3-4(6)5-10(7,8)9-2/h3H,1H2,2H3,(H,5,6). The molecule has 0 fully saturated rings. The number of carbonyl (C=O) groups excluding carboxylic acids is 1. The molecule has 6 heteroatoms. The number of nitrogens with one attached hydrogen (secondary N) is 1. The lowest BCUT2D eigenvalue weighted by molar-refractivity contribution is -0.114. The summed E-state index contributed by atoms with van der Waals surface area (Å²) in [5.41, 5.74) is 0. The summed E-state index contributed by atoms with van der Waals surface area (Å²) in [5.74, 6) is -0.818. The molecule has 5 nitrogen and oxygen atoms in total. The third-order valence-electron chi connectivity index (χ3n) is 0.630. The van der Waals surface area contributed by atoms with E-state index in [0.717, 1.165) is 13.2 Å². The van der Waals surface area contributed by atoms with Gasteiger partial charge in [-0.2, -0.15) is 8.42 Å². The van der Waals surface area contributed by atoms with Crippen molar-refractivity contribution in [3.63, 3.8) is 0 Å². The number of rotatable bonds is 3. The van der Waals surface area contributed by atoms with Crippen molar-refractivity contribution in [3.8, 4) is 0 Å². The Morgan fingerprint density at radius 3 is 2.50 bits per heavy atom. The van der Waals surface area contributed by atoms with Gasteiger partial charge in [0.05, 0.1) is 7.11 Å². The third kappa shape index (κ3) is 3.21. The highest BCUT2D eigenvalue weighted by molar-refractivity contribution is 7.85. The lowest BCUT2D eigenvalue weighted by Crippen LogP contribution is -2.29. The molecule has 58 valence electrons. The highest BCUT2D eigenvalue weighted by Gasteiger charge is 2.08. The van der Waals surface area contributed by atoms with Gasteiger partial charge < -0.3 is 0 Å². The SMILES string of the molecule is C=CC(=O)NS(=O)(=O)OC. The smallest absolute Gasteiger partial charge is 0.269 e. The van der Waals surface area contributed by atoms with Crippen LogP contribution in [-0.4, -0.2) is 21.4 Å². The molecule has 10 heavy (non-hydrogen) atoms. The topological polar surface area (TPSA) is 72.5 Å². The number of hydrogen-bond donors (Lipinski definition) is 1. The van der Waals surface area contributed by atoms with Crippen LogP contribution < -0.4 is 4.72 Å². The van der Waals surface area contributed by atoms with Crippen LogP contribution in [0.4, 0.5) is 0 Å². The van der Waals surface area contributed by atoms with Crippen molar-refractivity contribution < 1.29 is 17.4 Å². The fourth-order valence-electron chi connectivity index (χ4n) is 0.207. The normalized spacial score (nSPS) is 10.5. The van der Waals surface area contributed by atoms with Crippen molar-refractivity contribution in [3.05, 3.63) is 12.7 Å². The lowest BCUT2D eigenvalue weighted by Gasteiger charge is -1.98. The molecule has 0 aromatic carbocycles. The summed E-state index contributed by atoms with van der Waals surface area (Å²) in [5, 5.41) is 0. The summed E-state index contributed by atoms with van der Waals surface area (Å²) in [7, 11) is -2.96. The molecule has 0 aliphatic carbocycles. The minimum Gasteiger partial charge on any atom is -0.269 e. The Labute approximate surface area is 58.9 Å². The minimum atomic E-state index is -3.90. The zero-order valence-electron chi connectivity index (χ0n) is 5.33. The molecule has 1 N–H and O–H groups in total. The fourth-order valence-corrected chi connectivity index (χ4v) is 0.620. The van der Waals surface area contributed by atoms with Gasteiger partial charge in [0.2, 0.25) is 0 Å². The number of amides is 1. The average molecular weight is 165 g/mol. The predicted octanol–water partition coefficient (Wildman–Crippen LogP) is -0.820. The van der Waals surface area contributed by atoms with Gasteiger partial charge in [-0.25, -0.2) is 4.72 Å². The first kappa shape index (κ1) is 9.12. The second-order valence-corrected chi connectivity index (χ2v) is 2.74. The van der Waals surface area contributed by atoms with Crippen LogP contribution in [0.5, 0.6) is 0 Å². The first-order valence-corrected chi connectivity index (χ1v) is 3.67. The van der Waals surface area contributed by atoms with Gasteiger partial charge in [0.25, 0.3) is 5.91 Å². The Hall–Kier alpha value is -0.880. The van der Waals surface area contributed by atoms with Crippen molar-refractivity contribution >= 4 is 16.2 Å². The zero-order valence-corrected chi connectivity index (χ0v) is 6.14. The van der Waals surface area contributed by atoms with E-state index in [9.17, 15) is 13.2 Å². The van der Waals surface area contributed by atoms with Crippen LogP contribution in [0.2, 0.25) is 0 Å². The Bertz CT molecular complexity index is 230. The Morgan fingerprint density at radius 1 is 1.70 bits per heavy atom. The minimum absolute atomic E-state index is 0.818. The van der Waals surface area contributed by atoms with E-state index >= 15 is 0 Å². The number of hydrogen-bond acceptors (Lipinski definition) is 4. The van der Waals surface area contributed by atoms with E-state index in [-0.39, 0.29) is 0 Å². The quantitative estimate of drug-likeness (QED) is 0.554. The highest BCUT2D eigenvalue weighted by Crippen LogP contribution is 1.81. The Balaban J connectivity index is 4.16. The zero-order chi connectivity index (χ0) is 8.20. The molecular weight excluding hydrogens is 158 g/mol. The van der Waals surface area contributed by atoms with Crippen molar-refractivity contribution in [1.82, 2.24) is 4.72 Å². The van der Waals surface area contributed by atoms with E-state index in [1.54, 1.807) is 4.72 Å². The van der Waals surface area contributed by atoms with Crippen LogP contribution in [-0.2, 0) is 19.3 Å². The molecule has 0 unspecified atom stereocenters. The Kier molecular flexibility index (Phi) is 3.04. The summed E-state index contributed by atoms with van der Waals surface area (Å²) in [4.78, 5) is 10.3. The molecule has 0 rings (SSSR count). The van der Waals surface area contributed by atoms with Gasteiger partial charge in [-0.1, -0.05) is 6.58 Å². The predicted molar refractivity (Wildman–Crippen MR) is 34.3 cm³/mol. The monoisotopic (exact) mass is 165 g/mol. The lowest BCUT2D eigenvalue weighted by atomic mass is 10.6. The molecule has 0 radical (unpaired) electrons. The van der Waals surface area contributed by atoms with Crippen molar-refractivity contribution in [2.75, 3.05) is 7.11 Å². The number of carbonyl (C=O) groups is 1. The van der Waals surface area contributed by atoms with Crippen LogP contribution in [0.15, 0.2) is 12.7 Å². The van der Waals surface area contributed by atoms with E-state index < -0.39 is 16.2 Å². The van der Waals surface area contributed by atoms with Crippen molar-refractivity contribution in [2.45, 2.75) is 0 Å². The third-order valence-corrected chi connectivity index (χ3v) is 1.52. The van der Waals surface area contributed by atoms with Gasteiger partial charge in [0, 0.05) is 0 Å². The maximum absolute atomic E-state index is 10.4. The van der Waals surface area contributed by atoms with Crippen LogP contribution in [0.3, 0.4) is 0 Å². The van der Waals surface area contributed by atoms with E-state index in [1.807, 2.05) is 0 Å². The second kappa shape index (κ2) is 3.33. The molecule has 0 aromatic heterocycles. The molecule has 0 heterocycles. The summed E-state index contributed by atoms with van der Waals surface area (Å²) in [6, 6.07) is 0. The summed E-state index contributed by atoms with van der Waals surface area (Å²) in [6.45, 7) is 3.05. The summed E-state index contributed by atoms with van der Waals surface area (Å²) in [6.07, 6.45) is 0.830. The van der Waals surface area contributed by atoms with Gasteiger partial charge in [0.15, 0.2) is 0 Å². The van der Waals surface area contributed by atoms with Crippen LogP contribution >= 0.6 is 0 Å². The first-order chi connectivity index (χ1) is 4.52. The molecular formula is C4H7NO4S. The average Bonchev–Trinajstić information content (AvgIpc) is 1.87. The van der Waals surface area contributed by atoms with Gasteiger partial charge in [-0.3, -0.25) is 8.98 Å². The molecule has 0 aromatic rings. The molecule has 1 amide bonds. The molecule has 0 aliphatic heterocycles. The molecule has 0 saturated heterocycles. The second-order valence-electron chi connectivity index (χ2n) is 1.29. The summed E-state index contributed by atoms with van der Waals surface area (Å²) < 4.78 is 26.2. The Morgan fingerprint density at radius 2 is 2.20 bits per heavy atom. The largest absolute Gasteiger partial charge is 0.362 e. The van der Waals surface area contributed by atoms with Crippen molar-refractivity contribution in [1.29, 1.82) is 0 Å². The van der Waals surface area contributed by atoms with Gasteiger partial charge in [-0.05, 0) is 6.08 Å².